The highest BCUT2D eigenvalue weighted by Gasteiger charge is 2.36. The minimum atomic E-state index is -0.573. The summed E-state index contributed by atoms with van der Waals surface area (Å²) < 4.78 is 5.55. The van der Waals surface area contributed by atoms with Crippen LogP contribution in [0.1, 0.15) is 64.5 Å². The Morgan fingerprint density at radius 1 is 1.09 bits per heavy atom. The quantitative estimate of drug-likeness (QED) is 0.341. The van der Waals surface area contributed by atoms with E-state index in [1.54, 1.807) is 0 Å². The largest absolute Gasteiger partial charge is 0.444 e. The smallest absolute Gasteiger partial charge is 0.414 e. The highest BCUT2D eigenvalue weighted by atomic mass is 16.6. The van der Waals surface area contributed by atoms with Gasteiger partial charge in [0.05, 0.1) is 6.54 Å². The van der Waals surface area contributed by atoms with E-state index in [4.69, 9.17) is 9.73 Å². The van der Waals surface area contributed by atoms with Crippen molar-refractivity contribution in [3.63, 3.8) is 0 Å². The Hall–Kier alpha value is -3.08. The summed E-state index contributed by atoms with van der Waals surface area (Å²) in [6.45, 7) is 11.1. The number of benzene rings is 2. The molecule has 1 amide bonds. The van der Waals surface area contributed by atoms with Crippen LogP contribution < -0.4 is 5.32 Å². The summed E-state index contributed by atoms with van der Waals surface area (Å²) in [5, 5.41) is 2.96. The summed E-state index contributed by atoms with van der Waals surface area (Å²) >= 11 is 0. The van der Waals surface area contributed by atoms with Crippen LogP contribution in [0.2, 0.25) is 0 Å². The van der Waals surface area contributed by atoms with E-state index in [9.17, 15) is 4.79 Å². The average molecular weight is 448 g/mol. The molecule has 2 aromatic carbocycles. The molecule has 2 aromatic rings. The van der Waals surface area contributed by atoms with Crippen LogP contribution >= 0.6 is 0 Å². The molecule has 0 radical (unpaired) electrons. The highest BCUT2D eigenvalue weighted by molar-refractivity contribution is 5.94. The monoisotopic (exact) mass is 447 g/mol. The van der Waals surface area contributed by atoms with E-state index in [0.717, 1.165) is 19.4 Å². The van der Waals surface area contributed by atoms with Gasteiger partial charge in [0.25, 0.3) is 0 Å². The second-order valence-electron chi connectivity index (χ2n) is 9.77. The maximum atomic E-state index is 12.7. The third-order valence-corrected chi connectivity index (χ3v) is 5.63. The first-order valence-electron chi connectivity index (χ1n) is 11.8. The fraction of sp³-hybridized carbons (Fsp3) is 0.429. The molecule has 1 aliphatic heterocycles. The zero-order valence-corrected chi connectivity index (χ0v) is 20.5. The molecular weight excluding hydrogens is 410 g/mol. The number of alkyl carbamates (subject to hydrolysis) is 1. The number of nitrogens with one attached hydrogen (secondary N) is 1. The van der Waals surface area contributed by atoms with Crippen molar-refractivity contribution >= 4 is 12.1 Å². The van der Waals surface area contributed by atoms with E-state index in [1.165, 1.54) is 16.7 Å². The van der Waals surface area contributed by atoms with E-state index >= 15 is 0 Å². The minimum Gasteiger partial charge on any atom is -0.444 e. The third kappa shape index (κ3) is 7.21. The molecule has 176 valence electrons. The standard InChI is InChI=1S/C28H37N3O2/c1-21(2)18-19-29-26(30-27(32)33-28(3,4)5)31-20-12-17-24(31)25(22-13-8-6-9-14-22)23-15-10-7-11-16-23/h6-11,13-16,18,24-25H,12,17,19-20H2,1-5H3,(H,29,30,32)/t24-/m0/s1. The summed E-state index contributed by atoms with van der Waals surface area (Å²) in [5.41, 5.74) is 3.15. The van der Waals surface area contributed by atoms with Crippen LogP contribution in [0.5, 0.6) is 0 Å². The molecule has 1 N–H and O–H groups in total. The van der Waals surface area contributed by atoms with Crippen molar-refractivity contribution in [3.8, 4) is 0 Å². The number of guanidine groups is 1. The van der Waals surface area contributed by atoms with Crippen LogP contribution in [-0.4, -0.2) is 41.7 Å². The molecule has 0 aromatic heterocycles. The lowest BCUT2D eigenvalue weighted by molar-refractivity contribution is 0.0555. The van der Waals surface area contributed by atoms with Crippen molar-refractivity contribution in [2.45, 2.75) is 65.0 Å². The van der Waals surface area contributed by atoms with Crippen LogP contribution in [0, 0.1) is 0 Å². The van der Waals surface area contributed by atoms with Crippen molar-refractivity contribution in [3.05, 3.63) is 83.4 Å². The van der Waals surface area contributed by atoms with Crippen LogP contribution in [0.3, 0.4) is 0 Å². The Kier molecular flexibility index (Phi) is 8.32. The van der Waals surface area contributed by atoms with Crippen molar-refractivity contribution in [1.82, 2.24) is 10.2 Å². The van der Waals surface area contributed by atoms with E-state index in [1.807, 2.05) is 32.9 Å². The van der Waals surface area contributed by atoms with Gasteiger partial charge in [-0.15, -0.1) is 0 Å². The second kappa shape index (κ2) is 11.2. The Labute approximate surface area is 198 Å². The minimum absolute atomic E-state index is 0.170. The molecule has 1 saturated heterocycles. The predicted molar refractivity (Wildman–Crippen MR) is 136 cm³/mol. The van der Waals surface area contributed by atoms with E-state index in [2.05, 4.69) is 78.7 Å². The Bertz CT molecular complexity index is 918. The molecule has 0 aliphatic carbocycles. The second-order valence-corrected chi connectivity index (χ2v) is 9.77. The number of aliphatic imine (C=N–C) groups is 1. The van der Waals surface area contributed by atoms with Gasteiger partial charge in [0.1, 0.15) is 5.60 Å². The summed E-state index contributed by atoms with van der Waals surface area (Å²) in [7, 11) is 0. The van der Waals surface area contributed by atoms with E-state index < -0.39 is 11.7 Å². The zero-order valence-electron chi connectivity index (χ0n) is 20.5. The molecule has 1 heterocycles. The molecule has 0 bridgehead atoms. The van der Waals surface area contributed by atoms with Gasteiger partial charge in [-0.1, -0.05) is 72.3 Å². The van der Waals surface area contributed by atoms with Gasteiger partial charge in [-0.05, 0) is 58.6 Å². The number of carbonyl (C=O) groups is 1. The Balaban J connectivity index is 1.96. The molecule has 1 aliphatic rings. The number of ether oxygens (including phenoxy) is 1. The molecule has 33 heavy (non-hydrogen) atoms. The fourth-order valence-electron chi connectivity index (χ4n) is 4.27. The highest BCUT2D eigenvalue weighted by Crippen LogP contribution is 2.36. The van der Waals surface area contributed by atoms with Gasteiger partial charge in [0.2, 0.25) is 5.96 Å². The lowest BCUT2D eigenvalue weighted by Gasteiger charge is -2.34. The van der Waals surface area contributed by atoms with Crippen molar-refractivity contribution < 1.29 is 9.53 Å². The Morgan fingerprint density at radius 2 is 1.67 bits per heavy atom. The normalized spacial score (nSPS) is 16.6. The van der Waals surface area contributed by atoms with E-state index in [0.29, 0.717) is 12.5 Å². The SMILES string of the molecule is CC(C)=CCN=C(NC(=O)OC(C)(C)C)N1CCC[C@H]1C(c1ccccc1)c1ccccc1. The van der Waals surface area contributed by atoms with Crippen molar-refractivity contribution in [2.75, 3.05) is 13.1 Å². The number of hydrogen-bond donors (Lipinski definition) is 1. The third-order valence-electron chi connectivity index (χ3n) is 5.63. The van der Waals surface area contributed by atoms with Crippen LogP contribution in [0.25, 0.3) is 0 Å². The van der Waals surface area contributed by atoms with Crippen molar-refractivity contribution in [1.29, 1.82) is 0 Å². The first-order chi connectivity index (χ1) is 15.7. The molecular formula is C28H37N3O2. The summed E-state index contributed by atoms with van der Waals surface area (Å²) in [6, 6.07) is 21.4. The topological polar surface area (TPSA) is 53.9 Å². The summed E-state index contributed by atoms with van der Waals surface area (Å²) in [6.07, 6.45) is 3.65. The maximum absolute atomic E-state index is 12.7. The van der Waals surface area contributed by atoms with Gasteiger partial charge in [0, 0.05) is 18.5 Å². The molecule has 5 nitrogen and oxygen atoms in total. The Morgan fingerprint density at radius 3 is 2.18 bits per heavy atom. The number of hydrogen-bond acceptors (Lipinski definition) is 3. The number of rotatable bonds is 5. The first-order valence-corrected chi connectivity index (χ1v) is 11.8. The first kappa shape index (κ1) is 24.6. The van der Waals surface area contributed by atoms with Gasteiger partial charge in [0.15, 0.2) is 0 Å². The molecule has 0 unspecified atom stereocenters. The molecule has 0 saturated carbocycles. The zero-order chi connectivity index (χ0) is 23.8. The summed E-state index contributed by atoms with van der Waals surface area (Å²) in [5.74, 6) is 0.755. The van der Waals surface area contributed by atoms with Gasteiger partial charge >= 0.3 is 6.09 Å². The average Bonchev–Trinajstić information content (AvgIpc) is 3.22. The lowest BCUT2D eigenvalue weighted by atomic mass is 9.84. The van der Waals surface area contributed by atoms with Gasteiger partial charge in [-0.25, -0.2) is 9.79 Å². The number of carbonyl (C=O) groups excluding carboxylic acids is 1. The number of nitrogens with zero attached hydrogens (tertiary/aromatic N) is 2. The molecule has 3 rings (SSSR count). The number of allylic oxidation sites excluding steroid dienone is 1. The molecule has 1 atom stereocenters. The predicted octanol–water partition coefficient (Wildman–Crippen LogP) is 6.13. The number of likely N-dealkylation sites (tertiary alicyclic amines) is 1. The fourth-order valence-corrected chi connectivity index (χ4v) is 4.27. The molecule has 5 heteroatoms. The number of amides is 1. The van der Waals surface area contributed by atoms with E-state index in [-0.39, 0.29) is 12.0 Å². The molecule has 1 fully saturated rings. The summed E-state index contributed by atoms with van der Waals surface area (Å²) in [4.78, 5) is 19.7. The lowest BCUT2D eigenvalue weighted by Crippen LogP contribution is -2.49. The van der Waals surface area contributed by atoms with Crippen LogP contribution in [-0.2, 0) is 4.74 Å². The van der Waals surface area contributed by atoms with Gasteiger partial charge in [-0.3, -0.25) is 5.32 Å². The van der Waals surface area contributed by atoms with Crippen molar-refractivity contribution in [2.24, 2.45) is 4.99 Å². The van der Waals surface area contributed by atoms with Gasteiger partial charge < -0.3 is 9.64 Å². The van der Waals surface area contributed by atoms with Gasteiger partial charge in [-0.2, -0.15) is 0 Å². The van der Waals surface area contributed by atoms with Crippen LogP contribution in [0.15, 0.2) is 77.3 Å². The van der Waals surface area contributed by atoms with Crippen LogP contribution in [0.4, 0.5) is 4.79 Å². The molecule has 0 spiro atoms. The maximum Gasteiger partial charge on any atom is 0.414 e.